The minimum absolute atomic E-state index is 0.0394. The fourth-order valence-corrected chi connectivity index (χ4v) is 5.02. The molecule has 9 heteroatoms. The van der Waals surface area contributed by atoms with Crippen LogP contribution in [0.15, 0.2) is 77.7 Å². The Bertz CT molecular complexity index is 1320. The summed E-state index contributed by atoms with van der Waals surface area (Å²) >= 11 is 0. The van der Waals surface area contributed by atoms with Crippen LogP contribution in [-0.2, 0) is 16.6 Å². The van der Waals surface area contributed by atoms with Crippen LogP contribution in [0.3, 0.4) is 0 Å². The third kappa shape index (κ3) is 6.05. The average Bonchev–Trinajstić information content (AvgIpc) is 2.89. The zero-order chi connectivity index (χ0) is 24.8. The molecule has 0 spiro atoms. The summed E-state index contributed by atoms with van der Waals surface area (Å²) in [7, 11) is -1.72. The Labute approximate surface area is 205 Å². The molecular formula is C26H27N5O3S. The standard InChI is InChI=1S/C26H27N5O3S/c1-30-14-16-31(17-15-30)24-12-10-23(11-13-24)29-26(32)21-8-6-20(7-9-21)19-28-35(33,34)25-5-3-2-4-22(25)18-27/h2-13,28H,14-17,19H2,1H3,(H,29,32). The Morgan fingerprint density at radius 2 is 1.60 bits per heavy atom. The van der Waals surface area contributed by atoms with Crippen LogP contribution < -0.4 is 14.9 Å². The number of sulfonamides is 1. The number of nitrogens with zero attached hydrogens (tertiary/aromatic N) is 3. The number of rotatable bonds is 7. The Morgan fingerprint density at radius 3 is 2.26 bits per heavy atom. The molecule has 0 saturated carbocycles. The number of benzene rings is 3. The minimum Gasteiger partial charge on any atom is -0.369 e. The Morgan fingerprint density at radius 1 is 0.943 bits per heavy atom. The van der Waals surface area contributed by atoms with Crippen LogP contribution in [0.1, 0.15) is 21.5 Å². The van der Waals surface area contributed by atoms with E-state index >= 15 is 0 Å². The first-order valence-electron chi connectivity index (χ1n) is 11.3. The van der Waals surface area contributed by atoms with Gasteiger partial charge in [-0.3, -0.25) is 4.79 Å². The maximum atomic E-state index is 12.7. The fourth-order valence-electron chi connectivity index (χ4n) is 3.85. The predicted octanol–water partition coefficient (Wildman–Crippen LogP) is 3.04. The van der Waals surface area contributed by atoms with Crippen molar-refractivity contribution in [3.8, 4) is 6.07 Å². The summed E-state index contributed by atoms with van der Waals surface area (Å²) in [5.74, 6) is -0.243. The third-order valence-corrected chi connectivity index (χ3v) is 7.43. The maximum absolute atomic E-state index is 12.7. The van der Waals surface area contributed by atoms with Crippen molar-refractivity contribution in [1.29, 1.82) is 5.26 Å². The summed E-state index contributed by atoms with van der Waals surface area (Å²) in [6.07, 6.45) is 0. The molecule has 0 unspecified atom stereocenters. The molecule has 3 aromatic rings. The van der Waals surface area contributed by atoms with E-state index in [4.69, 9.17) is 5.26 Å². The quantitative estimate of drug-likeness (QED) is 0.529. The highest BCUT2D eigenvalue weighted by Crippen LogP contribution is 2.20. The van der Waals surface area contributed by atoms with Crippen LogP contribution in [0.5, 0.6) is 0 Å². The number of anilines is 2. The lowest BCUT2D eigenvalue weighted by molar-refractivity contribution is 0.102. The second kappa shape index (κ2) is 10.7. The molecule has 8 nitrogen and oxygen atoms in total. The number of carbonyl (C=O) groups is 1. The number of likely N-dealkylation sites (N-methyl/N-ethyl adjacent to an activating group) is 1. The molecule has 0 aromatic heterocycles. The molecule has 4 rings (SSSR count). The molecule has 1 aliphatic heterocycles. The van der Waals surface area contributed by atoms with Crippen molar-refractivity contribution >= 4 is 27.3 Å². The molecule has 1 fully saturated rings. The first-order chi connectivity index (χ1) is 16.9. The molecule has 35 heavy (non-hydrogen) atoms. The Balaban J connectivity index is 1.34. The number of nitrogens with one attached hydrogen (secondary N) is 2. The summed E-state index contributed by atoms with van der Waals surface area (Å²) in [5.41, 5.74) is 3.09. The van der Waals surface area contributed by atoms with Crippen molar-refractivity contribution in [2.45, 2.75) is 11.4 Å². The number of piperazine rings is 1. The molecular weight excluding hydrogens is 462 g/mol. The van der Waals surface area contributed by atoms with Gasteiger partial charge in [0.2, 0.25) is 10.0 Å². The van der Waals surface area contributed by atoms with Crippen molar-refractivity contribution in [2.75, 3.05) is 43.4 Å². The van der Waals surface area contributed by atoms with Crippen molar-refractivity contribution in [3.05, 3.63) is 89.5 Å². The minimum atomic E-state index is -3.84. The van der Waals surface area contributed by atoms with Gasteiger partial charge in [0.25, 0.3) is 5.91 Å². The van der Waals surface area contributed by atoms with Crippen LogP contribution in [0.4, 0.5) is 11.4 Å². The smallest absolute Gasteiger partial charge is 0.255 e. The number of carbonyl (C=O) groups excluding carboxylic acids is 1. The molecule has 0 aliphatic carbocycles. The van der Waals surface area contributed by atoms with Gasteiger partial charge in [-0.05, 0) is 61.1 Å². The molecule has 0 atom stereocenters. The Kier molecular flexibility index (Phi) is 7.46. The summed E-state index contributed by atoms with van der Waals surface area (Å²) in [4.78, 5) is 17.2. The summed E-state index contributed by atoms with van der Waals surface area (Å²) in [6, 6.07) is 22.5. The van der Waals surface area contributed by atoms with Gasteiger partial charge in [0, 0.05) is 49.7 Å². The number of hydrogen-bond acceptors (Lipinski definition) is 6. The lowest BCUT2D eigenvalue weighted by Gasteiger charge is -2.34. The first-order valence-corrected chi connectivity index (χ1v) is 12.8. The normalized spacial score (nSPS) is 14.3. The Hall–Kier alpha value is -3.71. The van der Waals surface area contributed by atoms with E-state index in [0.717, 1.165) is 31.9 Å². The van der Waals surface area contributed by atoms with Gasteiger partial charge in [0.05, 0.1) is 10.5 Å². The lowest BCUT2D eigenvalue weighted by Crippen LogP contribution is -2.44. The van der Waals surface area contributed by atoms with Crippen LogP contribution in [-0.4, -0.2) is 52.5 Å². The third-order valence-electron chi connectivity index (χ3n) is 5.97. The van der Waals surface area contributed by atoms with Crippen LogP contribution in [0.2, 0.25) is 0 Å². The average molecular weight is 490 g/mol. The summed E-state index contributed by atoms with van der Waals surface area (Å²) in [6.45, 7) is 4.06. The van der Waals surface area contributed by atoms with Crippen molar-refractivity contribution < 1.29 is 13.2 Å². The number of amides is 1. The maximum Gasteiger partial charge on any atom is 0.255 e. The van der Waals surface area contributed by atoms with E-state index in [2.05, 4.69) is 26.9 Å². The fraction of sp³-hybridized carbons (Fsp3) is 0.231. The van der Waals surface area contributed by atoms with E-state index in [1.165, 1.54) is 12.1 Å². The zero-order valence-electron chi connectivity index (χ0n) is 19.4. The van der Waals surface area contributed by atoms with Crippen molar-refractivity contribution in [1.82, 2.24) is 9.62 Å². The van der Waals surface area contributed by atoms with Crippen LogP contribution in [0, 0.1) is 11.3 Å². The molecule has 180 valence electrons. The van der Waals surface area contributed by atoms with Gasteiger partial charge >= 0.3 is 0 Å². The summed E-state index contributed by atoms with van der Waals surface area (Å²) < 4.78 is 27.6. The highest BCUT2D eigenvalue weighted by atomic mass is 32.2. The molecule has 0 bridgehead atoms. The SMILES string of the molecule is CN1CCN(c2ccc(NC(=O)c3ccc(CNS(=O)(=O)c4ccccc4C#N)cc3)cc2)CC1. The molecule has 0 radical (unpaired) electrons. The molecule has 3 aromatic carbocycles. The van der Waals surface area contributed by atoms with E-state index in [9.17, 15) is 13.2 Å². The number of hydrogen-bond donors (Lipinski definition) is 2. The lowest BCUT2D eigenvalue weighted by atomic mass is 10.1. The van der Waals surface area contributed by atoms with Gasteiger partial charge in [-0.1, -0.05) is 24.3 Å². The second-order valence-electron chi connectivity index (χ2n) is 8.42. The molecule has 2 N–H and O–H groups in total. The highest BCUT2D eigenvalue weighted by Gasteiger charge is 2.18. The topological polar surface area (TPSA) is 106 Å². The van der Waals surface area contributed by atoms with Gasteiger partial charge in [-0.15, -0.1) is 0 Å². The monoisotopic (exact) mass is 489 g/mol. The van der Waals surface area contributed by atoms with E-state index in [-0.39, 0.29) is 22.9 Å². The predicted molar refractivity (Wildman–Crippen MR) is 136 cm³/mol. The van der Waals surface area contributed by atoms with Gasteiger partial charge in [0.15, 0.2) is 0 Å². The molecule has 1 saturated heterocycles. The van der Waals surface area contributed by atoms with E-state index in [1.54, 1.807) is 36.4 Å². The van der Waals surface area contributed by atoms with Crippen LogP contribution in [0.25, 0.3) is 0 Å². The van der Waals surface area contributed by atoms with E-state index in [0.29, 0.717) is 16.8 Å². The summed E-state index contributed by atoms with van der Waals surface area (Å²) in [5, 5.41) is 12.1. The van der Waals surface area contributed by atoms with Gasteiger partial charge in [-0.25, -0.2) is 13.1 Å². The van der Waals surface area contributed by atoms with Crippen LogP contribution >= 0.6 is 0 Å². The van der Waals surface area contributed by atoms with Gasteiger partial charge < -0.3 is 15.1 Å². The first kappa shape index (κ1) is 24.4. The van der Waals surface area contributed by atoms with Crippen molar-refractivity contribution in [3.63, 3.8) is 0 Å². The van der Waals surface area contributed by atoms with Gasteiger partial charge in [-0.2, -0.15) is 5.26 Å². The largest absolute Gasteiger partial charge is 0.369 e. The number of nitriles is 1. The van der Waals surface area contributed by atoms with E-state index in [1.807, 2.05) is 30.3 Å². The zero-order valence-corrected chi connectivity index (χ0v) is 20.3. The molecule has 1 aliphatic rings. The highest BCUT2D eigenvalue weighted by molar-refractivity contribution is 7.89. The second-order valence-corrected chi connectivity index (χ2v) is 10.2. The molecule has 1 heterocycles. The van der Waals surface area contributed by atoms with Gasteiger partial charge in [0.1, 0.15) is 6.07 Å². The van der Waals surface area contributed by atoms with Crippen molar-refractivity contribution in [2.24, 2.45) is 0 Å². The van der Waals surface area contributed by atoms with E-state index < -0.39 is 10.0 Å². The molecule has 1 amide bonds.